The van der Waals surface area contributed by atoms with Crippen LogP contribution in [0.4, 0.5) is 11.4 Å². The van der Waals surface area contributed by atoms with E-state index in [2.05, 4.69) is 0 Å². The minimum atomic E-state index is -3.79. The molecule has 0 spiro atoms. The molecule has 2 aromatic rings. The summed E-state index contributed by atoms with van der Waals surface area (Å²) in [4.78, 5) is 15.2. The number of amides is 1. The van der Waals surface area contributed by atoms with Crippen LogP contribution >= 0.6 is 23.2 Å². The van der Waals surface area contributed by atoms with Gasteiger partial charge in [-0.2, -0.15) is 0 Å². The maximum absolute atomic E-state index is 13.5. The summed E-state index contributed by atoms with van der Waals surface area (Å²) in [6, 6.07) is 11.4. The first-order valence-corrected chi connectivity index (χ1v) is 11.7. The first-order chi connectivity index (χ1) is 13.2. The smallest absolute Gasteiger partial charge is 0.250 e. The highest BCUT2D eigenvalue weighted by atomic mass is 35.5. The number of para-hydroxylation sites is 1. The Kier molecular flexibility index (Phi) is 6.22. The number of carbonyl (C=O) groups is 1. The summed E-state index contributed by atoms with van der Waals surface area (Å²) in [5.41, 5.74) is 2.13. The van der Waals surface area contributed by atoms with Crippen molar-refractivity contribution in [3.05, 3.63) is 58.1 Å². The van der Waals surface area contributed by atoms with Crippen molar-refractivity contribution >= 4 is 50.5 Å². The highest BCUT2D eigenvalue weighted by Crippen LogP contribution is 2.35. The molecule has 0 fully saturated rings. The van der Waals surface area contributed by atoms with E-state index in [-0.39, 0.29) is 16.6 Å². The molecule has 0 aliphatic carbocycles. The Balaban J connectivity index is 2.07. The molecule has 0 N–H and O–H groups in total. The molecule has 5 nitrogen and oxygen atoms in total. The molecule has 28 heavy (non-hydrogen) atoms. The topological polar surface area (TPSA) is 57.7 Å². The molecule has 0 saturated heterocycles. The molecule has 0 radical (unpaired) electrons. The molecule has 1 atom stereocenters. The molecule has 2 aromatic carbocycles. The maximum atomic E-state index is 13.5. The van der Waals surface area contributed by atoms with Crippen molar-refractivity contribution in [2.75, 3.05) is 22.0 Å². The molecule has 8 heteroatoms. The van der Waals surface area contributed by atoms with E-state index < -0.39 is 16.1 Å². The van der Waals surface area contributed by atoms with E-state index in [4.69, 9.17) is 23.2 Å². The van der Waals surface area contributed by atoms with Crippen LogP contribution in [0.5, 0.6) is 0 Å². The van der Waals surface area contributed by atoms with E-state index in [1.165, 1.54) is 12.1 Å². The van der Waals surface area contributed by atoms with Crippen LogP contribution in [0.25, 0.3) is 0 Å². The van der Waals surface area contributed by atoms with Crippen LogP contribution < -0.4 is 9.21 Å². The second-order valence-corrected chi connectivity index (χ2v) is 9.50. The zero-order chi connectivity index (χ0) is 20.5. The number of hydrogen-bond acceptors (Lipinski definition) is 3. The van der Waals surface area contributed by atoms with E-state index in [9.17, 15) is 13.2 Å². The lowest BCUT2D eigenvalue weighted by molar-refractivity contribution is -0.119. The first-order valence-electron chi connectivity index (χ1n) is 9.07. The number of nitrogens with zero attached hydrogens (tertiary/aromatic N) is 2. The predicted molar refractivity (Wildman–Crippen MR) is 115 cm³/mol. The molecular weight excluding hydrogens is 419 g/mol. The third-order valence-corrected chi connectivity index (χ3v) is 6.55. The molecule has 0 aromatic heterocycles. The van der Waals surface area contributed by atoms with Gasteiger partial charge in [-0.1, -0.05) is 48.3 Å². The van der Waals surface area contributed by atoms with Gasteiger partial charge in [0.1, 0.15) is 6.04 Å². The van der Waals surface area contributed by atoms with Gasteiger partial charge in [-0.25, -0.2) is 8.42 Å². The summed E-state index contributed by atoms with van der Waals surface area (Å²) in [7, 11) is -3.79. The van der Waals surface area contributed by atoms with Crippen molar-refractivity contribution in [2.45, 2.75) is 32.2 Å². The predicted octanol–water partition coefficient (Wildman–Crippen LogP) is 4.52. The average molecular weight is 441 g/mol. The number of hydrogen-bond donors (Lipinski definition) is 0. The lowest BCUT2D eigenvalue weighted by Crippen LogP contribution is -2.52. The van der Waals surface area contributed by atoms with Crippen molar-refractivity contribution < 1.29 is 13.2 Å². The Morgan fingerprint density at radius 3 is 2.61 bits per heavy atom. The van der Waals surface area contributed by atoms with Crippen LogP contribution in [0.2, 0.25) is 10.0 Å². The summed E-state index contributed by atoms with van der Waals surface area (Å²) in [5.74, 6) is -0.267. The number of sulfonamides is 1. The second-order valence-electron chi connectivity index (χ2n) is 6.80. The summed E-state index contributed by atoms with van der Waals surface area (Å²) >= 11 is 12.4. The van der Waals surface area contributed by atoms with Crippen molar-refractivity contribution in [3.63, 3.8) is 0 Å². The van der Waals surface area contributed by atoms with Gasteiger partial charge in [0.2, 0.25) is 10.0 Å². The van der Waals surface area contributed by atoms with Gasteiger partial charge in [0.05, 0.1) is 17.0 Å². The summed E-state index contributed by atoms with van der Waals surface area (Å²) < 4.78 is 26.5. The molecule has 3 rings (SSSR count). The zero-order valence-corrected chi connectivity index (χ0v) is 18.1. The van der Waals surface area contributed by atoms with E-state index in [0.29, 0.717) is 18.0 Å². The number of anilines is 2. The van der Waals surface area contributed by atoms with Crippen LogP contribution in [0, 0.1) is 0 Å². The Morgan fingerprint density at radius 1 is 1.21 bits per heavy atom. The van der Waals surface area contributed by atoms with Gasteiger partial charge in [0.25, 0.3) is 5.91 Å². The first kappa shape index (κ1) is 21.0. The molecule has 1 amide bonds. The number of rotatable bonds is 5. The SMILES string of the molecule is CCC(C(=O)N1CCCc2ccccc21)N(c1cc(Cl)ccc1Cl)S(C)(=O)=O. The summed E-state index contributed by atoms with van der Waals surface area (Å²) in [5, 5.41) is 0.568. The van der Waals surface area contributed by atoms with Crippen LogP contribution in [-0.4, -0.2) is 33.2 Å². The van der Waals surface area contributed by atoms with Crippen molar-refractivity contribution in [1.82, 2.24) is 0 Å². The number of halogens is 2. The zero-order valence-electron chi connectivity index (χ0n) is 15.7. The van der Waals surface area contributed by atoms with E-state index in [1.54, 1.807) is 17.9 Å². The molecule has 1 unspecified atom stereocenters. The Bertz CT molecular complexity index is 995. The Labute approximate surface area is 175 Å². The van der Waals surface area contributed by atoms with Gasteiger partial charge in [0, 0.05) is 17.3 Å². The second kappa shape index (κ2) is 8.31. The standard InChI is InChI=1S/C20H22Cl2N2O3S/c1-3-17(20(25)23-12-6-8-14-7-4-5-9-18(14)23)24(28(2,26)27)19-13-15(21)10-11-16(19)22/h4-5,7,9-11,13,17H,3,6,8,12H2,1-2H3. The lowest BCUT2D eigenvalue weighted by Gasteiger charge is -2.36. The van der Waals surface area contributed by atoms with Crippen LogP contribution in [-0.2, 0) is 21.2 Å². The molecule has 1 heterocycles. The van der Waals surface area contributed by atoms with E-state index in [0.717, 1.165) is 34.7 Å². The van der Waals surface area contributed by atoms with Crippen molar-refractivity contribution in [1.29, 1.82) is 0 Å². The highest BCUT2D eigenvalue weighted by molar-refractivity contribution is 7.92. The van der Waals surface area contributed by atoms with Crippen LogP contribution in [0.15, 0.2) is 42.5 Å². The highest BCUT2D eigenvalue weighted by Gasteiger charge is 2.37. The number of fused-ring (bicyclic) bond motifs is 1. The van der Waals surface area contributed by atoms with Gasteiger partial charge in [-0.05, 0) is 49.1 Å². The van der Waals surface area contributed by atoms with Crippen molar-refractivity contribution in [2.24, 2.45) is 0 Å². The number of aryl methyl sites for hydroxylation is 1. The quantitative estimate of drug-likeness (QED) is 0.686. The van der Waals surface area contributed by atoms with E-state index >= 15 is 0 Å². The number of carbonyl (C=O) groups excluding carboxylic acids is 1. The Hall–Kier alpha value is -1.76. The lowest BCUT2D eigenvalue weighted by atomic mass is 10.0. The van der Waals surface area contributed by atoms with Gasteiger partial charge in [-0.3, -0.25) is 9.10 Å². The molecule has 0 bridgehead atoms. The number of benzene rings is 2. The summed E-state index contributed by atoms with van der Waals surface area (Å²) in [6.45, 7) is 2.34. The summed E-state index contributed by atoms with van der Waals surface area (Å²) in [6.07, 6.45) is 3.10. The molecule has 150 valence electrons. The van der Waals surface area contributed by atoms with E-state index in [1.807, 2.05) is 24.3 Å². The molecule has 1 aliphatic rings. The van der Waals surface area contributed by atoms with Gasteiger partial charge >= 0.3 is 0 Å². The fourth-order valence-corrected chi connectivity index (χ4v) is 5.25. The molecule has 0 saturated carbocycles. The van der Waals surface area contributed by atoms with Gasteiger partial charge in [0.15, 0.2) is 0 Å². The molecular formula is C20H22Cl2N2O3S. The monoisotopic (exact) mass is 440 g/mol. The van der Waals surface area contributed by atoms with Crippen LogP contribution in [0.3, 0.4) is 0 Å². The maximum Gasteiger partial charge on any atom is 0.250 e. The fraction of sp³-hybridized carbons (Fsp3) is 0.350. The Morgan fingerprint density at radius 2 is 1.93 bits per heavy atom. The fourth-order valence-electron chi connectivity index (χ4n) is 3.62. The largest absolute Gasteiger partial charge is 0.310 e. The normalized spacial score (nSPS) is 15.1. The van der Waals surface area contributed by atoms with Gasteiger partial charge < -0.3 is 4.90 Å². The molecule has 1 aliphatic heterocycles. The van der Waals surface area contributed by atoms with Crippen molar-refractivity contribution in [3.8, 4) is 0 Å². The van der Waals surface area contributed by atoms with Gasteiger partial charge in [-0.15, -0.1) is 0 Å². The minimum Gasteiger partial charge on any atom is -0.310 e. The average Bonchev–Trinajstić information content (AvgIpc) is 2.66. The third kappa shape index (κ3) is 4.14. The minimum absolute atomic E-state index is 0.210. The third-order valence-electron chi connectivity index (χ3n) is 4.83. The van der Waals surface area contributed by atoms with Crippen LogP contribution in [0.1, 0.15) is 25.3 Å².